The molecule has 4 unspecified atom stereocenters. The minimum Gasteiger partial charge on any atom is -0.493 e. The van der Waals surface area contributed by atoms with Gasteiger partial charge in [-0.1, -0.05) is 15.9 Å². The van der Waals surface area contributed by atoms with E-state index in [0.717, 1.165) is 4.47 Å². The first-order valence-corrected chi connectivity index (χ1v) is 10.2. The van der Waals surface area contributed by atoms with Crippen LogP contribution in [0.5, 0.6) is 5.88 Å². The van der Waals surface area contributed by atoms with Crippen molar-refractivity contribution in [3.63, 3.8) is 0 Å². The number of fused-ring (bicyclic) bond motifs is 2. The minimum atomic E-state index is -1.41. The van der Waals surface area contributed by atoms with E-state index in [2.05, 4.69) is 46.1 Å². The Balaban J connectivity index is 1.65. The van der Waals surface area contributed by atoms with Crippen molar-refractivity contribution in [1.29, 1.82) is 0 Å². The van der Waals surface area contributed by atoms with E-state index in [9.17, 15) is 20.4 Å². The second-order valence-electron chi connectivity index (χ2n) is 7.15. The van der Waals surface area contributed by atoms with Crippen molar-refractivity contribution < 1.29 is 25.2 Å². The highest BCUT2D eigenvalue weighted by molar-refractivity contribution is 9.10. The Morgan fingerprint density at radius 3 is 2.78 bits per heavy atom. The van der Waals surface area contributed by atoms with Crippen molar-refractivity contribution in [3.8, 4) is 5.88 Å². The first-order valence-electron chi connectivity index (χ1n) is 9.42. The topological polar surface area (TPSA) is 200 Å². The summed E-state index contributed by atoms with van der Waals surface area (Å²) in [6.07, 6.45) is -3.75. The smallest absolute Gasteiger partial charge is 0.254 e. The van der Waals surface area contributed by atoms with E-state index >= 15 is 0 Å². The van der Waals surface area contributed by atoms with E-state index in [1.165, 1.54) is 10.9 Å². The maximum absolute atomic E-state index is 10.5. The van der Waals surface area contributed by atoms with Crippen LogP contribution >= 0.6 is 15.9 Å². The number of aliphatic hydroxyl groups is 3. The van der Waals surface area contributed by atoms with Gasteiger partial charge >= 0.3 is 0 Å². The normalized spacial score (nSPS) is 23.8. The molecule has 1 aromatic carbocycles. The molecule has 0 amide bonds. The number of benzene rings is 1. The van der Waals surface area contributed by atoms with Crippen molar-refractivity contribution in [2.75, 3.05) is 12.3 Å². The summed E-state index contributed by atoms with van der Waals surface area (Å²) in [5.74, 6) is -0.196. The Labute approximate surface area is 187 Å². The number of azo groups is 1. The van der Waals surface area contributed by atoms with Crippen molar-refractivity contribution in [2.45, 2.75) is 24.5 Å². The highest BCUT2D eigenvalue weighted by Gasteiger charge is 2.45. The molecule has 0 spiro atoms. The SMILES string of the molecule is Nc1ncnc2c1nc(N=Nc1c(O)[nH]c3ccc(Br)cc13)n2C1OC(CO)C(O)C1O. The van der Waals surface area contributed by atoms with Gasteiger partial charge in [-0.3, -0.25) is 4.57 Å². The number of nitrogens with one attached hydrogen (secondary N) is 1. The number of hydrogen-bond acceptors (Lipinski definition) is 11. The molecule has 7 N–H and O–H groups in total. The van der Waals surface area contributed by atoms with Gasteiger partial charge in [0.1, 0.15) is 24.6 Å². The summed E-state index contributed by atoms with van der Waals surface area (Å²) in [6.45, 7) is -0.507. The summed E-state index contributed by atoms with van der Waals surface area (Å²) in [6, 6.07) is 5.34. The average molecular weight is 505 g/mol. The van der Waals surface area contributed by atoms with Crippen molar-refractivity contribution in [3.05, 3.63) is 29.0 Å². The first kappa shape index (κ1) is 20.7. The molecule has 1 aliphatic heterocycles. The number of halogens is 1. The van der Waals surface area contributed by atoms with E-state index in [-0.39, 0.29) is 34.5 Å². The number of aliphatic hydroxyl groups excluding tert-OH is 3. The van der Waals surface area contributed by atoms with Gasteiger partial charge in [-0.05, 0) is 18.2 Å². The van der Waals surface area contributed by atoms with E-state index in [1.54, 1.807) is 12.1 Å². The van der Waals surface area contributed by atoms with Crippen LogP contribution in [0.3, 0.4) is 0 Å². The number of nitrogens with two attached hydrogens (primary N) is 1. The van der Waals surface area contributed by atoms with E-state index in [0.29, 0.717) is 10.9 Å². The molecule has 3 aromatic heterocycles. The number of hydrogen-bond donors (Lipinski definition) is 6. The highest BCUT2D eigenvalue weighted by atomic mass is 79.9. The number of nitrogens with zero attached hydrogens (tertiary/aromatic N) is 6. The molecule has 32 heavy (non-hydrogen) atoms. The zero-order valence-electron chi connectivity index (χ0n) is 16.2. The van der Waals surface area contributed by atoms with Crippen LogP contribution in [0.4, 0.5) is 17.5 Å². The predicted octanol–water partition coefficient (Wildman–Crippen LogP) is 1.38. The van der Waals surface area contributed by atoms with E-state index in [1.807, 2.05) is 6.07 Å². The summed E-state index contributed by atoms with van der Waals surface area (Å²) < 4.78 is 7.71. The maximum atomic E-state index is 10.5. The summed E-state index contributed by atoms with van der Waals surface area (Å²) in [4.78, 5) is 15.2. The van der Waals surface area contributed by atoms with Crippen LogP contribution in [0, 0.1) is 0 Å². The third-order valence-corrected chi connectivity index (χ3v) is 5.71. The van der Waals surface area contributed by atoms with Gasteiger partial charge < -0.3 is 35.9 Å². The van der Waals surface area contributed by atoms with Gasteiger partial charge in [0.25, 0.3) is 5.95 Å². The summed E-state index contributed by atoms with van der Waals surface area (Å²) in [5.41, 5.74) is 7.10. The van der Waals surface area contributed by atoms with E-state index < -0.39 is 31.1 Å². The molecule has 0 radical (unpaired) electrons. The Morgan fingerprint density at radius 2 is 2.03 bits per heavy atom. The molecule has 4 aromatic rings. The fourth-order valence-corrected chi connectivity index (χ4v) is 4.01. The lowest BCUT2D eigenvalue weighted by molar-refractivity contribution is -0.0503. The molecule has 0 saturated carbocycles. The van der Waals surface area contributed by atoms with Crippen molar-refractivity contribution in [2.24, 2.45) is 10.2 Å². The van der Waals surface area contributed by atoms with Gasteiger partial charge in [0.05, 0.1) is 12.1 Å². The van der Waals surface area contributed by atoms with Crippen molar-refractivity contribution >= 4 is 55.5 Å². The number of nitrogen functional groups attached to an aromatic ring is 1. The standard InChI is InChI=1S/C18H17BrN8O5/c19-6-1-2-8-7(3-6)10(16(31)23-8)25-26-18-24-11-14(20)21-5-22-15(11)27(18)17-13(30)12(29)9(4-28)32-17/h1-3,5,9,12-13,17,23,28-31H,4H2,(H2,20,21,22). The van der Waals surface area contributed by atoms with Gasteiger partial charge in [0.15, 0.2) is 28.9 Å². The lowest BCUT2D eigenvalue weighted by Gasteiger charge is -2.17. The van der Waals surface area contributed by atoms with Crippen LogP contribution in [0.1, 0.15) is 6.23 Å². The van der Waals surface area contributed by atoms with Crippen LogP contribution in [0.15, 0.2) is 39.2 Å². The Bertz CT molecular complexity index is 1350. The number of anilines is 1. The number of aromatic hydroxyl groups is 1. The quantitative estimate of drug-likeness (QED) is 0.222. The monoisotopic (exact) mass is 504 g/mol. The molecule has 0 aliphatic carbocycles. The summed E-state index contributed by atoms with van der Waals surface area (Å²) in [7, 11) is 0. The maximum Gasteiger partial charge on any atom is 0.254 e. The molecule has 166 valence electrons. The summed E-state index contributed by atoms with van der Waals surface area (Å²) >= 11 is 3.38. The lowest BCUT2D eigenvalue weighted by Crippen LogP contribution is -2.33. The van der Waals surface area contributed by atoms with Crippen LogP contribution in [-0.2, 0) is 4.74 Å². The number of aromatic nitrogens is 5. The molecule has 0 bridgehead atoms. The van der Waals surface area contributed by atoms with Gasteiger partial charge in [0, 0.05) is 9.86 Å². The summed E-state index contributed by atoms with van der Waals surface area (Å²) in [5, 5.41) is 49.3. The molecule has 1 aliphatic rings. The van der Waals surface area contributed by atoms with Crippen molar-refractivity contribution in [1.82, 2.24) is 24.5 Å². The van der Waals surface area contributed by atoms with Gasteiger partial charge in [0.2, 0.25) is 5.88 Å². The average Bonchev–Trinajstić information content (AvgIpc) is 3.38. The highest BCUT2D eigenvalue weighted by Crippen LogP contribution is 2.39. The van der Waals surface area contributed by atoms with Crippen LogP contribution < -0.4 is 5.73 Å². The molecular formula is C18H17BrN8O5. The fourth-order valence-electron chi connectivity index (χ4n) is 3.64. The number of H-pyrrole nitrogens is 1. The van der Waals surface area contributed by atoms with Crippen LogP contribution in [0.2, 0.25) is 0 Å². The number of imidazole rings is 1. The Hall–Kier alpha value is -3.17. The van der Waals surface area contributed by atoms with Crippen LogP contribution in [-0.4, -0.2) is 69.8 Å². The molecule has 1 saturated heterocycles. The second-order valence-corrected chi connectivity index (χ2v) is 8.07. The Kier molecular flexibility index (Phi) is 5.02. The van der Waals surface area contributed by atoms with Crippen LogP contribution in [0.25, 0.3) is 22.1 Å². The number of rotatable bonds is 4. The van der Waals surface area contributed by atoms with Gasteiger partial charge in [-0.15, -0.1) is 10.2 Å². The van der Waals surface area contributed by atoms with Gasteiger partial charge in [-0.2, -0.15) is 0 Å². The largest absolute Gasteiger partial charge is 0.493 e. The minimum absolute atomic E-state index is 0.0641. The third kappa shape index (κ3) is 3.20. The molecule has 4 atom stereocenters. The molecule has 4 heterocycles. The second kappa shape index (κ2) is 7.75. The molecule has 14 heteroatoms. The zero-order chi connectivity index (χ0) is 22.6. The molecule has 1 fully saturated rings. The van der Waals surface area contributed by atoms with Gasteiger partial charge in [-0.25, -0.2) is 15.0 Å². The fraction of sp³-hybridized carbons (Fsp3) is 0.278. The Morgan fingerprint density at radius 1 is 1.22 bits per heavy atom. The first-order chi connectivity index (χ1) is 15.4. The number of aromatic amines is 1. The number of ether oxygens (including phenoxy) is 1. The van der Waals surface area contributed by atoms with E-state index in [4.69, 9.17) is 10.5 Å². The molecule has 5 rings (SSSR count). The lowest BCUT2D eigenvalue weighted by atomic mass is 10.1. The molecule has 13 nitrogen and oxygen atoms in total. The predicted molar refractivity (Wildman–Crippen MR) is 115 cm³/mol. The molecular weight excluding hydrogens is 488 g/mol. The third-order valence-electron chi connectivity index (χ3n) is 5.21. The zero-order valence-corrected chi connectivity index (χ0v) is 17.7.